The summed E-state index contributed by atoms with van der Waals surface area (Å²) >= 11 is 0. The van der Waals surface area contributed by atoms with Gasteiger partial charge in [-0.1, -0.05) is 0 Å². The van der Waals surface area contributed by atoms with Crippen molar-refractivity contribution in [1.82, 2.24) is 29.7 Å². The highest BCUT2D eigenvalue weighted by atomic mass is 32.2. The maximum Gasteiger partial charge on any atom is 0.258 e. The highest BCUT2D eigenvalue weighted by molar-refractivity contribution is 7.91. The van der Waals surface area contributed by atoms with E-state index in [0.29, 0.717) is 6.42 Å². The van der Waals surface area contributed by atoms with E-state index in [1.165, 1.54) is 17.3 Å². The second kappa shape index (κ2) is 4.62. The van der Waals surface area contributed by atoms with Crippen LogP contribution in [0.25, 0.3) is 5.95 Å². The molecule has 0 amide bonds. The summed E-state index contributed by atoms with van der Waals surface area (Å²) in [6.45, 7) is 1.81. The molecule has 2 aromatic rings. The Morgan fingerprint density at radius 3 is 2.81 bits per heavy atom. The Morgan fingerprint density at radius 2 is 2.19 bits per heavy atom. The average Bonchev–Trinajstić information content (AvgIpc) is 2.96. The predicted molar refractivity (Wildman–Crippen MR) is 74.5 cm³/mol. The van der Waals surface area contributed by atoms with Gasteiger partial charge in [0.25, 0.3) is 5.95 Å². The van der Waals surface area contributed by atoms with E-state index in [2.05, 4.69) is 30.4 Å². The molecule has 1 saturated heterocycles. The molecule has 0 aliphatic carbocycles. The largest absolute Gasteiger partial charge is 0.368 e. The van der Waals surface area contributed by atoms with Gasteiger partial charge in [-0.25, -0.2) is 13.4 Å². The number of nitrogens with two attached hydrogens (primary N) is 1. The number of anilines is 2. The van der Waals surface area contributed by atoms with Crippen molar-refractivity contribution in [2.45, 2.75) is 18.9 Å². The molecule has 112 valence electrons. The van der Waals surface area contributed by atoms with Crippen LogP contribution in [0, 0.1) is 0 Å². The fourth-order valence-corrected chi connectivity index (χ4v) is 4.32. The lowest BCUT2D eigenvalue weighted by atomic mass is 10.0. The van der Waals surface area contributed by atoms with Gasteiger partial charge in [-0.15, -0.1) is 0 Å². The van der Waals surface area contributed by atoms with E-state index < -0.39 is 15.4 Å². The van der Waals surface area contributed by atoms with Crippen LogP contribution in [0.3, 0.4) is 0 Å². The molecule has 3 rings (SSSR count). The Morgan fingerprint density at radius 1 is 1.38 bits per heavy atom. The molecular weight excluding hydrogens is 296 g/mol. The third-order valence-electron chi connectivity index (χ3n) is 3.18. The van der Waals surface area contributed by atoms with Gasteiger partial charge in [0.1, 0.15) is 12.7 Å². The lowest BCUT2D eigenvalue weighted by Gasteiger charge is -2.23. The summed E-state index contributed by atoms with van der Waals surface area (Å²) in [6, 6.07) is 0. The van der Waals surface area contributed by atoms with Gasteiger partial charge < -0.3 is 11.1 Å². The van der Waals surface area contributed by atoms with Crippen molar-refractivity contribution >= 4 is 21.7 Å². The number of hydrogen-bond acceptors (Lipinski definition) is 9. The van der Waals surface area contributed by atoms with Gasteiger partial charge in [0.15, 0.2) is 9.84 Å². The minimum Gasteiger partial charge on any atom is -0.368 e. The van der Waals surface area contributed by atoms with Crippen molar-refractivity contribution in [1.29, 1.82) is 0 Å². The van der Waals surface area contributed by atoms with Crippen LogP contribution in [0.5, 0.6) is 0 Å². The lowest BCUT2D eigenvalue weighted by molar-refractivity contribution is 0.568. The number of rotatable bonds is 3. The zero-order chi connectivity index (χ0) is 15.1. The SMILES string of the molecule is CC1(Nc2nc(N)nc(-n3cncn3)n2)CCS(=O)(=O)C1. The van der Waals surface area contributed by atoms with Gasteiger partial charge in [-0.05, 0) is 13.3 Å². The fourth-order valence-electron chi connectivity index (χ4n) is 2.23. The fraction of sp³-hybridized carbons (Fsp3) is 0.500. The Bertz CT molecular complexity index is 759. The first kappa shape index (κ1) is 13.7. The van der Waals surface area contributed by atoms with Crippen molar-refractivity contribution in [3.63, 3.8) is 0 Å². The normalized spacial score (nSPS) is 24.0. The maximum atomic E-state index is 11.6. The number of nitrogen functional groups attached to an aromatic ring is 1. The van der Waals surface area contributed by atoms with E-state index in [1.807, 2.05) is 6.92 Å². The van der Waals surface area contributed by atoms with Crippen LogP contribution in [0.1, 0.15) is 13.3 Å². The molecule has 1 unspecified atom stereocenters. The first-order valence-corrected chi connectivity index (χ1v) is 8.03. The molecule has 3 N–H and O–H groups in total. The molecule has 0 bridgehead atoms. The maximum absolute atomic E-state index is 11.6. The Hall–Kier alpha value is -2.30. The monoisotopic (exact) mass is 310 g/mol. The van der Waals surface area contributed by atoms with Crippen LogP contribution >= 0.6 is 0 Å². The molecule has 0 aromatic carbocycles. The summed E-state index contributed by atoms with van der Waals surface area (Å²) in [4.78, 5) is 15.9. The molecule has 1 atom stereocenters. The predicted octanol–water partition coefficient (Wildman–Crippen LogP) is -0.976. The molecule has 3 heterocycles. The quantitative estimate of drug-likeness (QED) is 0.731. The lowest BCUT2D eigenvalue weighted by Crippen LogP contribution is -2.37. The summed E-state index contributed by atoms with van der Waals surface area (Å²) in [7, 11) is -3.03. The van der Waals surface area contributed by atoms with Crippen molar-refractivity contribution in [3.05, 3.63) is 12.7 Å². The molecule has 1 aliphatic rings. The molecule has 0 saturated carbocycles. The van der Waals surface area contributed by atoms with Crippen LogP contribution in [-0.4, -0.2) is 55.2 Å². The standard InChI is InChI=1S/C10H14N8O2S/c1-10(2-3-21(19,20)4-10)17-8-14-7(11)15-9(16-8)18-6-12-5-13-18/h5-6H,2-4H2,1H3,(H3,11,14,15,16,17). The first-order chi connectivity index (χ1) is 9.85. The molecule has 2 aromatic heterocycles. The molecular formula is C10H14N8O2S. The number of sulfone groups is 1. The molecule has 21 heavy (non-hydrogen) atoms. The second-order valence-electron chi connectivity index (χ2n) is 5.18. The third kappa shape index (κ3) is 2.91. The number of nitrogens with zero attached hydrogens (tertiary/aromatic N) is 6. The Kier molecular flexibility index (Phi) is 3.01. The van der Waals surface area contributed by atoms with Crippen molar-refractivity contribution < 1.29 is 8.42 Å². The minimum atomic E-state index is -3.03. The minimum absolute atomic E-state index is 0.0162. The van der Waals surface area contributed by atoms with Gasteiger partial charge in [0, 0.05) is 0 Å². The number of nitrogens with one attached hydrogen (secondary N) is 1. The first-order valence-electron chi connectivity index (χ1n) is 6.20. The van der Waals surface area contributed by atoms with Gasteiger partial charge in [-0.3, -0.25) is 0 Å². The highest BCUT2D eigenvalue weighted by Gasteiger charge is 2.39. The van der Waals surface area contributed by atoms with E-state index in [0.717, 1.165) is 0 Å². The van der Waals surface area contributed by atoms with Gasteiger partial charge in [-0.2, -0.15) is 24.7 Å². The van der Waals surface area contributed by atoms with E-state index in [1.54, 1.807) is 0 Å². The summed E-state index contributed by atoms with van der Waals surface area (Å²) < 4.78 is 24.6. The van der Waals surface area contributed by atoms with Gasteiger partial charge >= 0.3 is 0 Å². The zero-order valence-corrected chi connectivity index (χ0v) is 12.1. The summed E-state index contributed by atoms with van der Waals surface area (Å²) in [5.41, 5.74) is 5.04. The van der Waals surface area contributed by atoms with Crippen molar-refractivity contribution in [2.75, 3.05) is 22.6 Å². The average molecular weight is 310 g/mol. The van der Waals surface area contributed by atoms with Crippen LogP contribution in [0.4, 0.5) is 11.9 Å². The zero-order valence-electron chi connectivity index (χ0n) is 11.3. The molecule has 10 nitrogen and oxygen atoms in total. The number of aromatic nitrogens is 6. The molecule has 1 fully saturated rings. The van der Waals surface area contributed by atoms with Crippen LogP contribution in [0.2, 0.25) is 0 Å². The van der Waals surface area contributed by atoms with Crippen LogP contribution < -0.4 is 11.1 Å². The molecule has 0 radical (unpaired) electrons. The summed E-state index contributed by atoms with van der Waals surface area (Å²) in [6.07, 6.45) is 3.26. The summed E-state index contributed by atoms with van der Waals surface area (Å²) in [5.74, 6) is 0.624. The van der Waals surface area contributed by atoms with E-state index in [4.69, 9.17) is 5.73 Å². The highest BCUT2D eigenvalue weighted by Crippen LogP contribution is 2.26. The third-order valence-corrected chi connectivity index (χ3v) is 5.08. The Balaban J connectivity index is 1.90. The van der Waals surface area contributed by atoms with Crippen LogP contribution in [-0.2, 0) is 9.84 Å². The molecule has 1 aliphatic heterocycles. The topological polar surface area (TPSA) is 142 Å². The molecule has 11 heteroatoms. The van der Waals surface area contributed by atoms with Crippen molar-refractivity contribution in [2.24, 2.45) is 0 Å². The smallest absolute Gasteiger partial charge is 0.258 e. The van der Waals surface area contributed by atoms with E-state index >= 15 is 0 Å². The van der Waals surface area contributed by atoms with E-state index in [9.17, 15) is 8.42 Å². The van der Waals surface area contributed by atoms with E-state index in [-0.39, 0.29) is 29.4 Å². The van der Waals surface area contributed by atoms with Crippen molar-refractivity contribution in [3.8, 4) is 5.95 Å². The number of hydrogen-bond donors (Lipinski definition) is 2. The Labute approximate surface area is 120 Å². The van der Waals surface area contributed by atoms with Crippen LogP contribution in [0.15, 0.2) is 12.7 Å². The van der Waals surface area contributed by atoms with Gasteiger partial charge in [0.2, 0.25) is 11.9 Å². The second-order valence-corrected chi connectivity index (χ2v) is 7.37. The van der Waals surface area contributed by atoms with Gasteiger partial charge in [0.05, 0.1) is 17.0 Å². The molecule has 0 spiro atoms. The summed E-state index contributed by atoms with van der Waals surface area (Å²) in [5, 5.41) is 6.95.